The fourth-order valence-corrected chi connectivity index (χ4v) is 2.95. The molecule has 0 rings (SSSR count). The topological polar surface area (TPSA) is 46.2 Å². The predicted molar refractivity (Wildman–Crippen MR) is 65.9 cm³/mol. The zero-order valence-corrected chi connectivity index (χ0v) is 11.2. The van der Waals surface area contributed by atoms with Crippen molar-refractivity contribution in [2.45, 2.75) is 46.1 Å². The molecular formula is C11H25NO2S. The molecule has 0 amide bonds. The third-order valence-electron chi connectivity index (χ3n) is 2.47. The van der Waals surface area contributed by atoms with Crippen LogP contribution in [0.1, 0.15) is 40.0 Å². The summed E-state index contributed by atoms with van der Waals surface area (Å²) in [6, 6.07) is 0.117. The van der Waals surface area contributed by atoms with Crippen molar-refractivity contribution in [3.05, 3.63) is 0 Å². The number of hydrogen-bond acceptors (Lipinski definition) is 3. The van der Waals surface area contributed by atoms with Crippen LogP contribution in [0.4, 0.5) is 0 Å². The summed E-state index contributed by atoms with van der Waals surface area (Å²) < 4.78 is 22.4. The van der Waals surface area contributed by atoms with Gasteiger partial charge < -0.3 is 5.32 Å². The first-order valence-electron chi connectivity index (χ1n) is 5.80. The summed E-state index contributed by atoms with van der Waals surface area (Å²) in [6.07, 6.45) is 4.60. The zero-order chi connectivity index (χ0) is 11.9. The molecule has 0 aromatic carbocycles. The second kappa shape index (κ2) is 7.23. The van der Waals surface area contributed by atoms with Gasteiger partial charge in [-0.15, -0.1) is 0 Å². The van der Waals surface area contributed by atoms with Crippen LogP contribution in [-0.2, 0) is 9.84 Å². The van der Waals surface area contributed by atoms with Gasteiger partial charge in [-0.25, -0.2) is 8.42 Å². The average Bonchev–Trinajstić information content (AvgIpc) is 2.01. The Morgan fingerprint density at radius 2 is 1.87 bits per heavy atom. The van der Waals surface area contributed by atoms with Gasteiger partial charge in [0.2, 0.25) is 0 Å². The van der Waals surface area contributed by atoms with E-state index in [-0.39, 0.29) is 11.8 Å². The number of hydrogen-bond donors (Lipinski definition) is 1. The van der Waals surface area contributed by atoms with Crippen molar-refractivity contribution in [2.75, 3.05) is 18.6 Å². The summed E-state index contributed by atoms with van der Waals surface area (Å²) in [4.78, 5) is 0. The second-order valence-electron chi connectivity index (χ2n) is 4.48. The standard InChI is InChI=1S/C11H25NO2S/c1-5-7-10(3)8-11(12-6-2)9-15(4,13)14/h10-12H,5-9H2,1-4H3. The largest absolute Gasteiger partial charge is 0.313 e. The Morgan fingerprint density at radius 1 is 1.27 bits per heavy atom. The maximum atomic E-state index is 11.2. The number of rotatable bonds is 8. The molecule has 0 heterocycles. The van der Waals surface area contributed by atoms with Crippen LogP contribution in [0.15, 0.2) is 0 Å². The zero-order valence-electron chi connectivity index (χ0n) is 10.4. The van der Waals surface area contributed by atoms with Gasteiger partial charge in [-0.05, 0) is 18.9 Å². The summed E-state index contributed by atoms with van der Waals surface area (Å²) in [5, 5.41) is 3.25. The minimum absolute atomic E-state index is 0.117. The van der Waals surface area contributed by atoms with Gasteiger partial charge in [0, 0.05) is 12.3 Å². The second-order valence-corrected chi connectivity index (χ2v) is 6.66. The van der Waals surface area contributed by atoms with E-state index in [1.54, 1.807) is 0 Å². The van der Waals surface area contributed by atoms with E-state index in [0.717, 1.165) is 13.0 Å². The van der Waals surface area contributed by atoms with Crippen molar-refractivity contribution < 1.29 is 8.42 Å². The molecule has 0 aromatic heterocycles. The quantitative estimate of drug-likeness (QED) is 0.698. The molecule has 2 atom stereocenters. The molecule has 3 nitrogen and oxygen atoms in total. The molecule has 0 aliphatic rings. The first kappa shape index (κ1) is 14.9. The van der Waals surface area contributed by atoms with Gasteiger partial charge in [-0.3, -0.25) is 0 Å². The first-order valence-corrected chi connectivity index (χ1v) is 7.86. The highest BCUT2D eigenvalue weighted by molar-refractivity contribution is 7.90. The van der Waals surface area contributed by atoms with E-state index in [0.29, 0.717) is 5.92 Å². The minimum atomic E-state index is -2.87. The van der Waals surface area contributed by atoms with E-state index in [2.05, 4.69) is 19.2 Å². The van der Waals surface area contributed by atoms with Crippen LogP contribution in [0.2, 0.25) is 0 Å². The molecule has 0 bridgehead atoms. The molecule has 0 aromatic rings. The number of sulfone groups is 1. The molecule has 15 heavy (non-hydrogen) atoms. The van der Waals surface area contributed by atoms with Gasteiger partial charge in [0.15, 0.2) is 0 Å². The summed E-state index contributed by atoms with van der Waals surface area (Å²) in [6.45, 7) is 7.20. The van der Waals surface area contributed by atoms with Crippen molar-refractivity contribution in [3.8, 4) is 0 Å². The smallest absolute Gasteiger partial charge is 0.148 e. The molecule has 0 saturated carbocycles. The Bertz CT molecular complexity index is 249. The monoisotopic (exact) mass is 235 g/mol. The molecule has 0 radical (unpaired) electrons. The van der Waals surface area contributed by atoms with E-state index >= 15 is 0 Å². The van der Waals surface area contributed by atoms with Crippen molar-refractivity contribution in [3.63, 3.8) is 0 Å². The van der Waals surface area contributed by atoms with Gasteiger partial charge in [0.1, 0.15) is 9.84 Å². The SMILES string of the molecule is CCCC(C)CC(CS(C)(=O)=O)NCC. The normalized spacial score (nSPS) is 16.3. The molecule has 0 aliphatic carbocycles. The van der Waals surface area contributed by atoms with Gasteiger partial charge in [-0.1, -0.05) is 33.6 Å². The van der Waals surface area contributed by atoms with E-state index < -0.39 is 9.84 Å². The Balaban J connectivity index is 4.15. The van der Waals surface area contributed by atoms with Crippen LogP contribution in [-0.4, -0.2) is 33.0 Å². The van der Waals surface area contributed by atoms with Crippen molar-refractivity contribution in [2.24, 2.45) is 5.92 Å². The highest BCUT2D eigenvalue weighted by Crippen LogP contribution is 2.13. The fourth-order valence-electron chi connectivity index (χ4n) is 1.96. The lowest BCUT2D eigenvalue weighted by Gasteiger charge is -2.20. The van der Waals surface area contributed by atoms with E-state index in [4.69, 9.17) is 0 Å². The van der Waals surface area contributed by atoms with Gasteiger partial charge in [-0.2, -0.15) is 0 Å². The Labute approximate surface area is 94.6 Å². The van der Waals surface area contributed by atoms with Crippen molar-refractivity contribution in [1.82, 2.24) is 5.32 Å². The molecule has 0 spiro atoms. The number of nitrogens with one attached hydrogen (secondary N) is 1. The molecule has 0 saturated heterocycles. The summed E-state index contributed by atoms with van der Waals surface area (Å²) >= 11 is 0. The van der Waals surface area contributed by atoms with E-state index in [9.17, 15) is 8.42 Å². The lowest BCUT2D eigenvalue weighted by molar-refractivity contribution is 0.405. The van der Waals surface area contributed by atoms with Crippen molar-refractivity contribution in [1.29, 1.82) is 0 Å². The van der Waals surface area contributed by atoms with Gasteiger partial charge >= 0.3 is 0 Å². The summed E-state index contributed by atoms with van der Waals surface area (Å²) in [5.74, 6) is 0.857. The third kappa shape index (κ3) is 8.88. The molecule has 1 N–H and O–H groups in total. The van der Waals surface area contributed by atoms with Crippen LogP contribution in [0, 0.1) is 5.92 Å². The average molecular weight is 235 g/mol. The van der Waals surface area contributed by atoms with Crippen LogP contribution in [0.5, 0.6) is 0 Å². The lowest BCUT2D eigenvalue weighted by Crippen LogP contribution is -2.36. The Morgan fingerprint density at radius 3 is 2.27 bits per heavy atom. The predicted octanol–water partition coefficient (Wildman–Crippen LogP) is 1.84. The third-order valence-corrected chi connectivity index (χ3v) is 3.47. The molecule has 4 heteroatoms. The van der Waals surface area contributed by atoms with Crippen LogP contribution < -0.4 is 5.32 Å². The lowest BCUT2D eigenvalue weighted by atomic mass is 9.98. The first-order chi connectivity index (χ1) is 6.89. The molecular weight excluding hydrogens is 210 g/mol. The molecule has 0 fully saturated rings. The summed E-state index contributed by atoms with van der Waals surface area (Å²) in [5.41, 5.74) is 0. The van der Waals surface area contributed by atoms with Gasteiger partial charge in [0.05, 0.1) is 5.75 Å². The van der Waals surface area contributed by atoms with Crippen LogP contribution in [0.25, 0.3) is 0 Å². The molecule has 92 valence electrons. The Hall–Kier alpha value is -0.0900. The highest BCUT2D eigenvalue weighted by Gasteiger charge is 2.16. The van der Waals surface area contributed by atoms with Crippen LogP contribution in [0.3, 0.4) is 0 Å². The minimum Gasteiger partial charge on any atom is -0.313 e. The highest BCUT2D eigenvalue weighted by atomic mass is 32.2. The van der Waals surface area contributed by atoms with Crippen LogP contribution >= 0.6 is 0 Å². The Kier molecular flexibility index (Phi) is 7.18. The maximum Gasteiger partial charge on any atom is 0.148 e. The fraction of sp³-hybridized carbons (Fsp3) is 1.00. The van der Waals surface area contributed by atoms with Crippen molar-refractivity contribution >= 4 is 9.84 Å². The van der Waals surface area contributed by atoms with Gasteiger partial charge in [0.25, 0.3) is 0 Å². The van der Waals surface area contributed by atoms with E-state index in [1.165, 1.54) is 19.1 Å². The maximum absolute atomic E-state index is 11.2. The van der Waals surface area contributed by atoms with E-state index in [1.807, 2.05) is 6.92 Å². The summed E-state index contributed by atoms with van der Waals surface area (Å²) in [7, 11) is -2.87. The molecule has 0 aliphatic heterocycles. The molecule has 2 unspecified atom stereocenters.